The van der Waals surface area contributed by atoms with E-state index < -0.39 is 0 Å². The first-order valence-corrected chi connectivity index (χ1v) is 7.78. The van der Waals surface area contributed by atoms with Crippen LogP contribution in [0.2, 0.25) is 0 Å². The zero-order chi connectivity index (χ0) is 14.3. The second-order valence-electron chi connectivity index (χ2n) is 4.78. The van der Waals surface area contributed by atoms with Crippen molar-refractivity contribution >= 4 is 15.9 Å². The first-order valence-electron chi connectivity index (χ1n) is 6.99. The molecule has 1 rings (SSSR count). The predicted octanol–water partition coefficient (Wildman–Crippen LogP) is 3.97. The lowest BCUT2D eigenvalue weighted by Crippen LogP contribution is -2.33. The van der Waals surface area contributed by atoms with Crippen LogP contribution in [0.1, 0.15) is 38.8 Å². The molecule has 0 heterocycles. The van der Waals surface area contributed by atoms with Crippen molar-refractivity contribution in [2.75, 3.05) is 26.2 Å². The van der Waals surface area contributed by atoms with Crippen LogP contribution in [0.5, 0.6) is 0 Å². The average molecular weight is 331 g/mol. The monoisotopic (exact) mass is 330 g/mol. The molecular formula is C15H24BrFN2. The Morgan fingerprint density at radius 2 is 2.05 bits per heavy atom. The Morgan fingerprint density at radius 1 is 1.32 bits per heavy atom. The Balaban J connectivity index is 2.46. The summed E-state index contributed by atoms with van der Waals surface area (Å²) in [5.41, 5.74) is 0.716. The van der Waals surface area contributed by atoms with Gasteiger partial charge in [-0.05, 0) is 44.6 Å². The highest BCUT2D eigenvalue weighted by Gasteiger charge is 2.11. The Bertz CT molecular complexity index is 384. The number of hydrogen-bond donors (Lipinski definition) is 1. The summed E-state index contributed by atoms with van der Waals surface area (Å²) in [5, 5.41) is 3.39. The summed E-state index contributed by atoms with van der Waals surface area (Å²) in [7, 11) is 0. The second-order valence-corrected chi connectivity index (χ2v) is 5.69. The predicted molar refractivity (Wildman–Crippen MR) is 82.9 cm³/mol. The van der Waals surface area contributed by atoms with E-state index in [9.17, 15) is 4.39 Å². The summed E-state index contributed by atoms with van der Waals surface area (Å²) < 4.78 is 14.6. The van der Waals surface area contributed by atoms with E-state index >= 15 is 0 Å². The number of nitrogens with one attached hydrogen (secondary N) is 1. The van der Waals surface area contributed by atoms with Gasteiger partial charge in [0.25, 0.3) is 0 Å². The Kier molecular flexibility index (Phi) is 7.57. The quantitative estimate of drug-likeness (QED) is 0.775. The molecule has 1 N–H and O–H groups in total. The minimum absolute atomic E-state index is 0.0258. The van der Waals surface area contributed by atoms with Gasteiger partial charge in [0.05, 0.1) is 0 Å². The molecular weight excluding hydrogens is 307 g/mol. The van der Waals surface area contributed by atoms with E-state index in [-0.39, 0.29) is 11.9 Å². The molecule has 19 heavy (non-hydrogen) atoms. The molecule has 1 unspecified atom stereocenters. The van der Waals surface area contributed by atoms with Crippen molar-refractivity contribution in [3.8, 4) is 0 Å². The van der Waals surface area contributed by atoms with E-state index in [4.69, 9.17) is 0 Å². The molecule has 4 heteroatoms. The van der Waals surface area contributed by atoms with Crippen LogP contribution in [0.3, 0.4) is 0 Å². The highest BCUT2D eigenvalue weighted by molar-refractivity contribution is 9.10. The molecule has 0 saturated heterocycles. The molecule has 0 aliphatic carbocycles. The van der Waals surface area contributed by atoms with Gasteiger partial charge in [-0.25, -0.2) is 4.39 Å². The van der Waals surface area contributed by atoms with Gasteiger partial charge >= 0.3 is 0 Å². The first-order chi connectivity index (χ1) is 9.08. The minimum atomic E-state index is -0.149. The third-order valence-corrected chi connectivity index (χ3v) is 3.78. The number of hydrogen-bond acceptors (Lipinski definition) is 2. The molecule has 0 fully saturated rings. The van der Waals surface area contributed by atoms with Crippen molar-refractivity contribution < 1.29 is 4.39 Å². The van der Waals surface area contributed by atoms with Crippen LogP contribution in [-0.2, 0) is 0 Å². The molecule has 0 aromatic heterocycles. The van der Waals surface area contributed by atoms with Crippen molar-refractivity contribution in [3.63, 3.8) is 0 Å². The Hall–Kier alpha value is -0.450. The van der Waals surface area contributed by atoms with E-state index in [1.54, 1.807) is 6.07 Å². The fraction of sp³-hybridized carbons (Fsp3) is 0.600. The number of halogens is 2. The molecule has 0 aliphatic rings. The summed E-state index contributed by atoms with van der Waals surface area (Å²) in [6, 6.07) is 5.10. The van der Waals surface area contributed by atoms with Gasteiger partial charge in [-0.1, -0.05) is 29.8 Å². The van der Waals surface area contributed by atoms with Crippen LogP contribution in [0, 0.1) is 5.82 Å². The molecule has 1 aromatic carbocycles. The highest BCUT2D eigenvalue weighted by atomic mass is 79.9. The van der Waals surface area contributed by atoms with E-state index in [2.05, 4.69) is 40.0 Å². The van der Waals surface area contributed by atoms with Crippen LogP contribution < -0.4 is 5.32 Å². The number of nitrogens with zero attached hydrogens (tertiary/aromatic N) is 1. The van der Waals surface area contributed by atoms with Gasteiger partial charge in [0.2, 0.25) is 0 Å². The van der Waals surface area contributed by atoms with Gasteiger partial charge in [-0.15, -0.1) is 0 Å². The third-order valence-electron chi connectivity index (χ3n) is 3.29. The first kappa shape index (κ1) is 16.6. The van der Waals surface area contributed by atoms with Gasteiger partial charge in [0.1, 0.15) is 5.82 Å². The summed E-state index contributed by atoms with van der Waals surface area (Å²) in [6.45, 7) is 10.4. The van der Waals surface area contributed by atoms with E-state index in [0.717, 1.165) is 30.7 Å². The summed E-state index contributed by atoms with van der Waals surface area (Å²) in [6.07, 6.45) is 1.17. The molecule has 0 saturated carbocycles. The van der Waals surface area contributed by atoms with Gasteiger partial charge in [0, 0.05) is 29.2 Å². The van der Waals surface area contributed by atoms with Crippen LogP contribution in [0.25, 0.3) is 0 Å². The molecule has 0 aliphatic heterocycles. The topological polar surface area (TPSA) is 15.3 Å². The Labute approximate surface area is 124 Å². The molecule has 0 bridgehead atoms. The van der Waals surface area contributed by atoms with Gasteiger partial charge in [-0.2, -0.15) is 0 Å². The van der Waals surface area contributed by atoms with Gasteiger partial charge in [0.15, 0.2) is 0 Å². The van der Waals surface area contributed by atoms with E-state index in [1.165, 1.54) is 12.5 Å². The van der Waals surface area contributed by atoms with Gasteiger partial charge < -0.3 is 10.2 Å². The smallest absolute Gasteiger partial charge is 0.128 e. The standard InChI is InChI=1S/C15H24BrFN2/c1-4-9-19(5-2)10-8-18-12(3)14-11-13(16)6-7-15(14)17/h6-7,11-12,18H,4-5,8-10H2,1-3H3. The normalized spacial score (nSPS) is 12.9. The summed E-state index contributed by atoms with van der Waals surface area (Å²) in [5.74, 6) is -0.149. The lowest BCUT2D eigenvalue weighted by Gasteiger charge is -2.22. The van der Waals surface area contributed by atoms with Crippen molar-refractivity contribution in [2.45, 2.75) is 33.2 Å². The highest BCUT2D eigenvalue weighted by Crippen LogP contribution is 2.21. The number of benzene rings is 1. The second kappa shape index (κ2) is 8.67. The van der Waals surface area contributed by atoms with Crippen molar-refractivity contribution in [1.29, 1.82) is 0 Å². The van der Waals surface area contributed by atoms with Crippen LogP contribution >= 0.6 is 15.9 Å². The average Bonchev–Trinajstić information content (AvgIpc) is 2.40. The van der Waals surface area contributed by atoms with E-state index in [1.807, 2.05) is 13.0 Å². The summed E-state index contributed by atoms with van der Waals surface area (Å²) in [4.78, 5) is 2.40. The number of likely N-dealkylation sites (N-methyl/N-ethyl adjacent to an activating group) is 1. The summed E-state index contributed by atoms with van der Waals surface area (Å²) >= 11 is 3.39. The van der Waals surface area contributed by atoms with Crippen LogP contribution in [-0.4, -0.2) is 31.1 Å². The lowest BCUT2D eigenvalue weighted by atomic mass is 10.1. The van der Waals surface area contributed by atoms with Crippen molar-refractivity contribution in [1.82, 2.24) is 10.2 Å². The van der Waals surface area contributed by atoms with Crippen LogP contribution in [0.4, 0.5) is 4.39 Å². The molecule has 1 aromatic rings. The maximum atomic E-state index is 13.7. The number of rotatable bonds is 8. The molecule has 108 valence electrons. The molecule has 0 radical (unpaired) electrons. The zero-order valence-corrected chi connectivity index (χ0v) is 13.6. The third kappa shape index (κ3) is 5.59. The molecule has 0 spiro atoms. The SMILES string of the molecule is CCCN(CC)CCNC(C)c1cc(Br)ccc1F. The van der Waals surface area contributed by atoms with Crippen molar-refractivity contribution in [2.24, 2.45) is 0 Å². The minimum Gasteiger partial charge on any atom is -0.309 e. The zero-order valence-electron chi connectivity index (χ0n) is 12.0. The molecule has 1 atom stereocenters. The van der Waals surface area contributed by atoms with E-state index in [0.29, 0.717) is 5.56 Å². The fourth-order valence-electron chi connectivity index (χ4n) is 2.14. The molecule has 0 amide bonds. The largest absolute Gasteiger partial charge is 0.309 e. The van der Waals surface area contributed by atoms with Crippen molar-refractivity contribution in [3.05, 3.63) is 34.1 Å². The maximum Gasteiger partial charge on any atom is 0.128 e. The Morgan fingerprint density at radius 3 is 2.68 bits per heavy atom. The van der Waals surface area contributed by atoms with Crippen LogP contribution in [0.15, 0.2) is 22.7 Å². The maximum absolute atomic E-state index is 13.7. The lowest BCUT2D eigenvalue weighted by molar-refractivity contribution is 0.283. The molecule has 2 nitrogen and oxygen atoms in total. The van der Waals surface area contributed by atoms with Gasteiger partial charge in [-0.3, -0.25) is 0 Å². The fourth-order valence-corrected chi connectivity index (χ4v) is 2.52.